The summed E-state index contributed by atoms with van der Waals surface area (Å²) in [5, 5.41) is 22.9. The fraction of sp³-hybridized carbons (Fsp3) is 0.211. The zero-order chi connectivity index (χ0) is 17.3. The van der Waals surface area contributed by atoms with Crippen LogP contribution in [-0.4, -0.2) is 21.1 Å². The van der Waals surface area contributed by atoms with Gasteiger partial charge in [-0.2, -0.15) is 0 Å². The lowest BCUT2D eigenvalue weighted by atomic mass is 9.99. The van der Waals surface area contributed by atoms with E-state index in [-0.39, 0.29) is 23.3 Å². The van der Waals surface area contributed by atoms with E-state index in [1.807, 2.05) is 38.1 Å². The Morgan fingerprint density at radius 1 is 1.17 bits per heavy atom. The van der Waals surface area contributed by atoms with Crippen LogP contribution in [0, 0.1) is 12.8 Å². The monoisotopic (exact) mass is 324 g/mol. The van der Waals surface area contributed by atoms with Gasteiger partial charge in [-0.25, -0.2) is 0 Å². The number of hydrogen-bond acceptors (Lipinski definition) is 3. The van der Waals surface area contributed by atoms with Crippen LogP contribution in [-0.2, 0) is 11.2 Å². The number of hydrogen-bond donors (Lipinski definition) is 4. The number of aromatic amines is 1. The van der Waals surface area contributed by atoms with Crippen molar-refractivity contribution in [1.29, 1.82) is 0 Å². The Kier molecular flexibility index (Phi) is 4.16. The van der Waals surface area contributed by atoms with E-state index in [1.54, 1.807) is 6.07 Å². The summed E-state index contributed by atoms with van der Waals surface area (Å²) in [7, 11) is 0. The maximum Gasteiger partial charge on any atom is 0.227 e. The Morgan fingerprint density at radius 2 is 1.96 bits per heavy atom. The van der Waals surface area contributed by atoms with Crippen molar-refractivity contribution in [3.8, 4) is 11.5 Å². The molecule has 124 valence electrons. The van der Waals surface area contributed by atoms with Gasteiger partial charge in [0.15, 0.2) is 11.5 Å². The highest BCUT2D eigenvalue weighted by molar-refractivity contribution is 6.02. The normalized spacial score (nSPS) is 12.2. The molecule has 0 aliphatic rings. The molecule has 0 fully saturated rings. The third-order valence-electron chi connectivity index (χ3n) is 4.09. The molecule has 24 heavy (non-hydrogen) atoms. The largest absolute Gasteiger partial charge is 0.504 e. The van der Waals surface area contributed by atoms with Gasteiger partial charge in [-0.15, -0.1) is 0 Å². The van der Waals surface area contributed by atoms with E-state index in [4.69, 9.17) is 0 Å². The van der Waals surface area contributed by atoms with Crippen LogP contribution >= 0.6 is 0 Å². The molecule has 1 heterocycles. The standard InChI is InChI=1S/C19H20N2O3/c1-11(8-13-6-7-17(22)18(23)10-13)19(24)21-16-5-3-4-15-14(16)9-12(2)20-15/h3-7,9-11,20,22-23H,8H2,1-2H3,(H,21,24). The maximum absolute atomic E-state index is 12.5. The van der Waals surface area contributed by atoms with E-state index in [1.165, 1.54) is 12.1 Å². The Hall–Kier alpha value is -2.95. The molecule has 0 bridgehead atoms. The molecule has 2 aromatic carbocycles. The Bertz CT molecular complexity index is 899. The summed E-state index contributed by atoms with van der Waals surface area (Å²) in [4.78, 5) is 15.7. The molecule has 3 aromatic rings. The molecule has 1 unspecified atom stereocenters. The number of amides is 1. The van der Waals surface area contributed by atoms with Crippen LogP contribution in [0.4, 0.5) is 5.69 Å². The van der Waals surface area contributed by atoms with Gasteiger partial charge in [0, 0.05) is 22.5 Å². The van der Waals surface area contributed by atoms with Crippen LogP contribution in [0.5, 0.6) is 11.5 Å². The second-order valence-corrected chi connectivity index (χ2v) is 6.14. The van der Waals surface area contributed by atoms with Crippen molar-refractivity contribution in [2.45, 2.75) is 20.3 Å². The van der Waals surface area contributed by atoms with Crippen LogP contribution in [0.3, 0.4) is 0 Å². The molecular weight excluding hydrogens is 304 g/mol. The number of rotatable bonds is 4. The average Bonchev–Trinajstić information content (AvgIpc) is 2.92. The summed E-state index contributed by atoms with van der Waals surface area (Å²) in [5.74, 6) is -0.698. The predicted molar refractivity (Wildman–Crippen MR) is 94.3 cm³/mol. The van der Waals surface area contributed by atoms with Crippen molar-refractivity contribution >= 4 is 22.5 Å². The second kappa shape index (κ2) is 6.28. The summed E-state index contributed by atoms with van der Waals surface area (Å²) in [6, 6.07) is 12.4. The number of aromatic nitrogens is 1. The summed E-state index contributed by atoms with van der Waals surface area (Å²) < 4.78 is 0. The Labute approximate surface area is 140 Å². The first-order valence-electron chi connectivity index (χ1n) is 7.84. The molecule has 0 aliphatic heterocycles. The van der Waals surface area contributed by atoms with E-state index in [0.717, 1.165) is 27.8 Å². The van der Waals surface area contributed by atoms with Gasteiger partial charge in [0.1, 0.15) is 0 Å². The number of nitrogens with one attached hydrogen (secondary N) is 2. The van der Waals surface area contributed by atoms with E-state index < -0.39 is 0 Å². The molecule has 3 rings (SSSR count). The van der Waals surface area contributed by atoms with Gasteiger partial charge in [0.2, 0.25) is 5.91 Å². The molecule has 1 atom stereocenters. The van der Waals surface area contributed by atoms with Crippen molar-refractivity contribution < 1.29 is 15.0 Å². The zero-order valence-corrected chi connectivity index (χ0v) is 13.6. The van der Waals surface area contributed by atoms with Crippen LogP contribution in [0.15, 0.2) is 42.5 Å². The highest BCUT2D eigenvalue weighted by Gasteiger charge is 2.16. The van der Waals surface area contributed by atoms with Crippen molar-refractivity contribution in [2.24, 2.45) is 5.92 Å². The molecule has 0 radical (unpaired) electrons. The lowest BCUT2D eigenvalue weighted by molar-refractivity contribution is -0.119. The number of carbonyl (C=O) groups is 1. The third-order valence-corrected chi connectivity index (χ3v) is 4.09. The number of aromatic hydroxyl groups is 2. The molecule has 1 aromatic heterocycles. The van der Waals surface area contributed by atoms with E-state index in [9.17, 15) is 15.0 Å². The van der Waals surface area contributed by atoms with Gasteiger partial charge in [0.25, 0.3) is 0 Å². The third kappa shape index (κ3) is 3.20. The zero-order valence-electron chi connectivity index (χ0n) is 13.6. The van der Waals surface area contributed by atoms with E-state index in [2.05, 4.69) is 10.3 Å². The molecule has 0 saturated carbocycles. The molecule has 5 heteroatoms. The molecule has 1 amide bonds. The number of aryl methyl sites for hydroxylation is 1. The van der Waals surface area contributed by atoms with Gasteiger partial charge in [0.05, 0.1) is 5.69 Å². The molecule has 4 N–H and O–H groups in total. The minimum absolute atomic E-state index is 0.0890. The van der Waals surface area contributed by atoms with Crippen molar-refractivity contribution in [1.82, 2.24) is 4.98 Å². The predicted octanol–water partition coefficient (Wildman–Crippen LogP) is 3.70. The van der Waals surface area contributed by atoms with Crippen molar-refractivity contribution in [2.75, 3.05) is 5.32 Å². The number of H-pyrrole nitrogens is 1. The average molecular weight is 324 g/mol. The lowest BCUT2D eigenvalue weighted by Gasteiger charge is -2.13. The first-order valence-corrected chi connectivity index (χ1v) is 7.84. The fourth-order valence-electron chi connectivity index (χ4n) is 2.80. The van der Waals surface area contributed by atoms with Gasteiger partial charge < -0.3 is 20.5 Å². The molecule has 0 aliphatic carbocycles. The topological polar surface area (TPSA) is 85.3 Å². The van der Waals surface area contributed by atoms with Crippen LogP contribution in [0.25, 0.3) is 10.9 Å². The summed E-state index contributed by atoms with van der Waals surface area (Å²) in [5.41, 5.74) is 3.60. The summed E-state index contributed by atoms with van der Waals surface area (Å²) in [6.07, 6.45) is 0.474. The van der Waals surface area contributed by atoms with E-state index in [0.29, 0.717) is 6.42 Å². The highest BCUT2D eigenvalue weighted by Crippen LogP contribution is 2.27. The number of phenols is 2. The number of phenolic OH excluding ortho intramolecular Hbond substituents is 2. The first-order chi connectivity index (χ1) is 11.4. The van der Waals surface area contributed by atoms with Gasteiger partial charge in [-0.3, -0.25) is 4.79 Å². The molecule has 0 spiro atoms. The number of carbonyl (C=O) groups excluding carboxylic acids is 1. The first kappa shape index (κ1) is 15.9. The number of fused-ring (bicyclic) bond motifs is 1. The maximum atomic E-state index is 12.5. The van der Waals surface area contributed by atoms with Crippen molar-refractivity contribution in [3.05, 3.63) is 53.7 Å². The Balaban J connectivity index is 1.74. The minimum Gasteiger partial charge on any atom is -0.504 e. The summed E-state index contributed by atoms with van der Waals surface area (Å²) in [6.45, 7) is 3.81. The SMILES string of the molecule is Cc1cc2c(NC(=O)C(C)Cc3ccc(O)c(O)c3)cccc2[nH]1. The van der Waals surface area contributed by atoms with Gasteiger partial charge in [-0.1, -0.05) is 19.1 Å². The minimum atomic E-state index is -0.274. The van der Waals surface area contributed by atoms with Crippen LogP contribution in [0.1, 0.15) is 18.2 Å². The van der Waals surface area contributed by atoms with Crippen molar-refractivity contribution in [3.63, 3.8) is 0 Å². The highest BCUT2D eigenvalue weighted by atomic mass is 16.3. The Morgan fingerprint density at radius 3 is 2.71 bits per heavy atom. The van der Waals surface area contributed by atoms with Gasteiger partial charge in [-0.05, 0) is 49.2 Å². The molecule has 0 saturated heterocycles. The van der Waals surface area contributed by atoms with Crippen LogP contribution < -0.4 is 5.32 Å². The van der Waals surface area contributed by atoms with Crippen LogP contribution in [0.2, 0.25) is 0 Å². The summed E-state index contributed by atoms with van der Waals surface area (Å²) >= 11 is 0. The quantitative estimate of drug-likeness (QED) is 0.552. The molecule has 5 nitrogen and oxygen atoms in total. The van der Waals surface area contributed by atoms with E-state index >= 15 is 0 Å². The van der Waals surface area contributed by atoms with Gasteiger partial charge >= 0.3 is 0 Å². The molecular formula is C19H20N2O3. The lowest BCUT2D eigenvalue weighted by Crippen LogP contribution is -2.22. The smallest absolute Gasteiger partial charge is 0.227 e. The number of anilines is 1. The fourth-order valence-corrected chi connectivity index (χ4v) is 2.80. The second-order valence-electron chi connectivity index (χ2n) is 6.14. The number of benzene rings is 2.